The molecule has 0 saturated carbocycles. The van der Waals surface area contributed by atoms with Gasteiger partial charge in [-0.15, -0.1) is 0 Å². The average Bonchev–Trinajstić information content (AvgIpc) is 3.31. The lowest BCUT2D eigenvalue weighted by molar-refractivity contribution is -0.384. The van der Waals surface area contributed by atoms with Gasteiger partial charge in [0.1, 0.15) is 5.92 Å². The number of hydroxylamine groups is 1. The van der Waals surface area contributed by atoms with E-state index in [1.54, 1.807) is 24.3 Å². The van der Waals surface area contributed by atoms with E-state index >= 15 is 0 Å². The highest BCUT2D eigenvalue weighted by Gasteiger charge is 2.60. The van der Waals surface area contributed by atoms with Gasteiger partial charge in [-0.1, -0.05) is 54.1 Å². The number of imide groups is 1. The van der Waals surface area contributed by atoms with Crippen LogP contribution in [-0.4, -0.2) is 22.8 Å². The van der Waals surface area contributed by atoms with Crippen LogP contribution in [0.3, 0.4) is 0 Å². The predicted molar refractivity (Wildman–Crippen MR) is 122 cm³/mol. The lowest BCUT2D eigenvalue weighted by atomic mass is 9.90. The number of rotatable bonds is 4. The van der Waals surface area contributed by atoms with Crippen LogP contribution in [0, 0.1) is 29.9 Å². The summed E-state index contributed by atoms with van der Waals surface area (Å²) in [6.45, 7) is 3.80. The van der Waals surface area contributed by atoms with Crippen molar-refractivity contribution >= 4 is 28.9 Å². The van der Waals surface area contributed by atoms with E-state index in [2.05, 4.69) is 0 Å². The molecule has 2 aliphatic heterocycles. The summed E-state index contributed by atoms with van der Waals surface area (Å²) in [7, 11) is 0. The quantitative estimate of drug-likeness (QED) is 0.340. The van der Waals surface area contributed by atoms with Crippen LogP contribution in [0.2, 0.25) is 0 Å². The highest BCUT2D eigenvalue weighted by atomic mass is 16.7. The molecule has 2 amide bonds. The van der Waals surface area contributed by atoms with Gasteiger partial charge in [0.15, 0.2) is 6.10 Å². The maximum atomic E-state index is 13.6. The molecule has 8 nitrogen and oxygen atoms in total. The Labute approximate surface area is 190 Å². The highest BCUT2D eigenvalue weighted by Crippen LogP contribution is 2.48. The first-order valence-electron chi connectivity index (χ1n) is 10.6. The number of amides is 2. The number of nitro groups is 1. The van der Waals surface area contributed by atoms with E-state index in [1.807, 2.05) is 50.2 Å². The maximum Gasteiger partial charge on any atom is 0.271 e. The molecule has 0 aliphatic carbocycles. The second-order valence-corrected chi connectivity index (χ2v) is 8.31. The topological polar surface area (TPSA) is 93.0 Å². The number of carbonyl (C=O) groups is 2. The second-order valence-electron chi connectivity index (χ2n) is 8.31. The van der Waals surface area contributed by atoms with Crippen molar-refractivity contribution in [3.05, 3.63) is 99.6 Å². The van der Waals surface area contributed by atoms with Crippen molar-refractivity contribution in [2.24, 2.45) is 5.92 Å². The molecule has 2 saturated heterocycles. The number of nitro benzene ring substituents is 1. The standard InChI is InChI=1S/C25H21N3O5/c1-15-10-12-17(13-11-15)22-21-23(33-27(22)18-7-5-8-19(14-18)28(31)32)25(30)26(24(21)29)20-9-4-3-6-16(20)2/h3-14,21-23H,1-2H3/t21-,22+,23+/m0/s1. The highest BCUT2D eigenvalue weighted by molar-refractivity contribution is 6.24. The van der Waals surface area contributed by atoms with Crippen molar-refractivity contribution in [1.82, 2.24) is 0 Å². The summed E-state index contributed by atoms with van der Waals surface area (Å²) in [5, 5.41) is 12.8. The lowest BCUT2D eigenvalue weighted by Crippen LogP contribution is -2.37. The molecular weight excluding hydrogens is 422 g/mol. The van der Waals surface area contributed by atoms with E-state index in [9.17, 15) is 19.7 Å². The number of hydrogen-bond acceptors (Lipinski definition) is 6. The van der Waals surface area contributed by atoms with Gasteiger partial charge in [-0.25, -0.2) is 9.96 Å². The van der Waals surface area contributed by atoms with E-state index in [1.165, 1.54) is 22.1 Å². The van der Waals surface area contributed by atoms with Gasteiger partial charge in [-0.2, -0.15) is 0 Å². The van der Waals surface area contributed by atoms with Gasteiger partial charge < -0.3 is 0 Å². The number of hydrogen-bond donors (Lipinski definition) is 0. The Kier molecular flexibility index (Phi) is 4.94. The van der Waals surface area contributed by atoms with E-state index in [4.69, 9.17) is 4.84 Å². The Morgan fingerprint density at radius 3 is 2.33 bits per heavy atom. The summed E-state index contributed by atoms with van der Waals surface area (Å²) < 4.78 is 0. The molecule has 5 rings (SSSR count). The zero-order valence-electron chi connectivity index (χ0n) is 18.0. The van der Waals surface area contributed by atoms with Gasteiger partial charge in [0, 0.05) is 12.1 Å². The summed E-state index contributed by atoms with van der Waals surface area (Å²) >= 11 is 0. The molecule has 8 heteroatoms. The van der Waals surface area contributed by atoms with Gasteiger partial charge in [0.2, 0.25) is 5.91 Å². The third kappa shape index (κ3) is 3.35. The van der Waals surface area contributed by atoms with Crippen molar-refractivity contribution in [2.75, 3.05) is 9.96 Å². The van der Waals surface area contributed by atoms with E-state index < -0.39 is 28.9 Å². The summed E-state index contributed by atoms with van der Waals surface area (Å²) in [6.07, 6.45) is -1.03. The average molecular weight is 443 g/mol. The minimum absolute atomic E-state index is 0.102. The number of carbonyl (C=O) groups excluding carboxylic acids is 2. The number of fused-ring (bicyclic) bond motifs is 1. The Morgan fingerprint density at radius 1 is 0.909 bits per heavy atom. The lowest BCUT2D eigenvalue weighted by Gasteiger charge is -2.29. The number of benzene rings is 3. The molecule has 3 atom stereocenters. The molecule has 0 aromatic heterocycles. The van der Waals surface area contributed by atoms with Crippen LogP contribution in [0.1, 0.15) is 22.7 Å². The van der Waals surface area contributed by atoms with Crippen molar-refractivity contribution in [3.8, 4) is 0 Å². The molecule has 0 radical (unpaired) electrons. The third-order valence-corrected chi connectivity index (χ3v) is 6.19. The summed E-state index contributed by atoms with van der Waals surface area (Å²) in [6, 6.07) is 20.2. The van der Waals surface area contributed by atoms with Crippen LogP contribution in [0.25, 0.3) is 0 Å². The van der Waals surface area contributed by atoms with Crippen molar-refractivity contribution in [1.29, 1.82) is 0 Å². The number of aryl methyl sites for hydroxylation is 2. The maximum absolute atomic E-state index is 13.6. The smallest absolute Gasteiger partial charge is 0.271 e. The normalized spacial score (nSPS) is 22.1. The predicted octanol–water partition coefficient (Wildman–Crippen LogP) is 4.26. The fraction of sp³-hybridized carbons (Fsp3) is 0.200. The summed E-state index contributed by atoms with van der Waals surface area (Å²) in [5.41, 5.74) is 3.48. The molecule has 0 bridgehead atoms. The van der Waals surface area contributed by atoms with Crippen LogP contribution in [0.15, 0.2) is 72.8 Å². The van der Waals surface area contributed by atoms with Crippen LogP contribution in [0.4, 0.5) is 17.1 Å². The monoisotopic (exact) mass is 443 g/mol. The van der Waals surface area contributed by atoms with Gasteiger partial charge in [0.25, 0.3) is 11.6 Å². The Hall–Kier alpha value is -4.04. The number of para-hydroxylation sites is 1. The van der Waals surface area contributed by atoms with Crippen molar-refractivity contribution < 1.29 is 19.3 Å². The van der Waals surface area contributed by atoms with Crippen LogP contribution >= 0.6 is 0 Å². The molecular formula is C25H21N3O5. The van der Waals surface area contributed by atoms with Crippen LogP contribution in [0.5, 0.6) is 0 Å². The van der Waals surface area contributed by atoms with Crippen molar-refractivity contribution in [2.45, 2.75) is 26.0 Å². The van der Waals surface area contributed by atoms with E-state index in [-0.39, 0.29) is 11.6 Å². The Morgan fingerprint density at radius 2 is 1.64 bits per heavy atom. The van der Waals surface area contributed by atoms with Crippen molar-refractivity contribution in [3.63, 3.8) is 0 Å². The molecule has 166 valence electrons. The third-order valence-electron chi connectivity index (χ3n) is 6.19. The fourth-order valence-electron chi connectivity index (χ4n) is 4.54. The van der Waals surface area contributed by atoms with Gasteiger partial charge >= 0.3 is 0 Å². The minimum Gasteiger partial charge on any atom is -0.273 e. The zero-order chi connectivity index (χ0) is 23.3. The number of non-ortho nitro benzene ring substituents is 1. The van der Waals surface area contributed by atoms with E-state index in [0.717, 1.165) is 16.7 Å². The fourth-order valence-corrected chi connectivity index (χ4v) is 4.54. The largest absolute Gasteiger partial charge is 0.273 e. The molecule has 0 spiro atoms. The summed E-state index contributed by atoms with van der Waals surface area (Å²) in [5.74, 6) is -1.58. The molecule has 0 unspecified atom stereocenters. The number of anilines is 2. The first-order valence-corrected chi connectivity index (χ1v) is 10.6. The molecule has 3 aromatic rings. The molecule has 2 fully saturated rings. The Bertz CT molecular complexity index is 1270. The Balaban J connectivity index is 1.61. The zero-order valence-corrected chi connectivity index (χ0v) is 18.0. The first kappa shape index (κ1) is 20.8. The van der Waals surface area contributed by atoms with E-state index in [0.29, 0.717) is 11.4 Å². The van der Waals surface area contributed by atoms with Gasteiger partial charge in [-0.3, -0.25) is 24.5 Å². The second kappa shape index (κ2) is 7.83. The summed E-state index contributed by atoms with van der Waals surface area (Å²) in [4.78, 5) is 45.1. The van der Waals surface area contributed by atoms with Crippen LogP contribution < -0.4 is 9.96 Å². The molecule has 3 aromatic carbocycles. The minimum atomic E-state index is -1.03. The number of nitrogens with zero attached hydrogens (tertiary/aromatic N) is 3. The van der Waals surface area contributed by atoms with Crippen LogP contribution in [-0.2, 0) is 14.4 Å². The first-order chi connectivity index (χ1) is 15.9. The van der Waals surface area contributed by atoms with Gasteiger partial charge in [-0.05, 0) is 37.1 Å². The molecule has 0 N–H and O–H groups in total. The molecule has 33 heavy (non-hydrogen) atoms. The van der Waals surface area contributed by atoms with Gasteiger partial charge in [0.05, 0.1) is 22.3 Å². The molecule has 2 heterocycles. The molecule has 2 aliphatic rings. The SMILES string of the molecule is Cc1ccc([C@@H]2[C@@H]3C(=O)N(c4ccccc4C)C(=O)[C@@H]3ON2c2cccc([N+](=O)[O-])c2)cc1.